The fourth-order valence-electron chi connectivity index (χ4n) is 1.71. The van der Waals surface area contributed by atoms with Crippen LogP contribution in [-0.4, -0.2) is 34.5 Å². The maximum atomic E-state index is 11.3. The molecule has 0 heterocycles. The van der Waals surface area contributed by atoms with Crippen molar-refractivity contribution >= 4 is 11.6 Å². The quantitative estimate of drug-likeness (QED) is 0.511. The van der Waals surface area contributed by atoms with Crippen LogP contribution in [-0.2, 0) is 9.59 Å². The van der Waals surface area contributed by atoms with E-state index in [1.54, 1.807) is 6.08 Å². The Kier molecular flexibility index (Phi) is 5.80. The number of ketones is 2. The third kappa shape index (κ3) is 5.06. The Morgan fingerprint density at radius 2 is 2.24 bits per heavy atom. The Morgan fingerprint density at radius 1 is 1.47 bits per heavy atom. The SMILES string of the molecule is O=C(CO)CCC/C=C\CC1=C[C@@H](O)CC1=O. The van der Waals surface area contributed by atoms with Crippen molar-refractivity contribution in [1.29, 1.82) is 0 Å². The van der Waals surface area contributed by atoms with E-state index in [2.05, 4.69) is 0 Å². The summed E-state index contributed by atoms with van der Waals surface area (Å²) in [6, 6.07) is 0. The van der Waals surface area contributed by atoms with E-state index in [0.717, 1.165) is 6.42 Å². The molecule has 0 aliphatic heterocycles. The van der Waals surface area contributed by atoms with Crippen LogP contribution in [0.25, 0.3) is 0 Å². The smallest absolute Gasteiger partial charge is 0.161 e. The topological polar surface area (TPSA) is 74.6 Å². The van der Waals surface area contributed by atoms with E-state index in [4.69, 9.17) is 5.11 Å². The fraction of sp³-hybridized carbons (Fsp3) is 0.538. The molecule has 0 fully saturated rings. The summed E-state index contributed by atoms with van der Waals surface area (Å²) < 4.78 is 0. The van der Waals surface area contributed by atoms with Gasteiger partial charge in [-0.3, -0.25) is 9.59 Å². The second-order valence-electron chi connectivity index (χ2n) is 4.15. The number of hydrogen-bond acceptors (Lipinski definition) is 4. The lowest BCUT2D eigenvalue weighted by Gasteiger charge is -1.95. The average Bonchev–Trinajstić information content (AvgIpc) is 2.62. The van der Waals surface area contributed by atoms with E-state index >= 15 is 0 Å². The molecule has 0 saturated carbocycles. The Labute approximate surface area is 101 Å². The molecule has 1 aliphatic rings. The van der Waals surface area contributed by atoms with Crippen molar-refractivity contribution in [3.05, 3.63) is 23.8 Å². The van der Waals surface area contributed by atoms with E-state index in [0.29, 0.717) is 24.8 Å². The number of aliphatic hydroxyl groups excluding tert-OH is 2. The summed E-state index contributed by atoms with van der Waals surface area (Å²) in [6.45, 7) is -0.386. The van der Waals surface area contributed by atoms with Gasteiger partial charge in [-0.25, -0.2) is 0 Å². The van der Waals surface area contributed by atoms with Gasteiger partial charge < -0.3 is 10.2 Å². The van der Waals surface area contributed by atoms with Gasteiger partial charge in [-0.05, 0) is 30.9 Å². The molecule has 2 N–H and O–H groups in total. The first-order valence-corrected chi connectivity index (χ1v) is 5.83. The van der Waals surface area contributed by atoms with E-state index in [-0.39, 0.29) is 24.6 Å². The van der Waals surface area contributed by atoms with Gasteiger partial charge in [0.15, 0.2) is 11.6 Å². The molecule has 4 heteroatoms. The van der Waals surface area contributed by atoms with Crippen LogP contribution in [0.5, 0.6) is 0 Å². The van der Waals surface area contributed by atoms with Gasteiger partial charge in [0.05, 0.1) is 6.10 Å². The van der Waals surface area contributed by atoms with Crippen molar-refractivity contribution in [2.45, 2.75) is 38.2 Å². The van der Waals surface area contributed by atoms with Gasteiger partial charge in [0.1, 0.15) is 6.61 Å². The minimum atomic E-state index is -0.618. The summed E-state index contributed by atoms with van der Waals surface area (Å²) in [6.07, 6.45) is 7.39. The van der Waals surface area contributed by atoms with Gasteiger partial charge in [-0.1, -0.05) is 12.2 Å². The third-order valence-electron chi connectivity index (χ3n) is 2.65. The molecule has 1 aliphatic carbocycles. The largest absolute Gasteiger partial charge is 0.389 e. The molecule has 0 aromatic rings. The van der Waals surface area contributed by atoms with Crippen LogP contribution in [0.2, 0.25) is 0 Å². The van der Waals surface area contributed by atoms with E-state index in [1.165, 1.54) is 0 Å². The number of hydrogen-bond donors (Lipinski definition) is 2. The lowest BCUT2D eigenvalue weighted by molar-refractivity contribution is -0.121. The Balaban J connectivity index is 2.16. The number of Topliss-reactive ketones (excluding diaryl/α,β-unsaturated/α-hetero) is 2. The van der Waals surface area contributed by atoms with Crippen molar-refractivity contribution in [1.82, 2.24) is 0 Å². The first kappa shape index (κ1) is 13.8. The molecule has 94 valence electrons. The molecule has 0 bridgehead atoms. The molecule has 0 unspecified atom stereocenters. The molecule has 1 atom stereocenters. The zero-order valence-electron chi connectivity index (χ0n) is 9.76. The zero-order chi connectivity index (χ0) is 12.7. The van der Waals surface area contributed by atoms with Crippen LogP contribution >= 0.6 is 0 Å². The lowest BCUT2D eigenvalue weighted by atomic mass is 10.1. The summed E-state index contributed by atoms with van der Waals surface area (Å²) >= 11 is 0. The highest BCUT2D eigenvalue weighted by Crippen LogP contribution is 2.18. The second kappa shape index (κ2) is 7.14. The van der Waals surface area contributed by atoms with Crippen LogP contribution in [0.1, 0.15) is 32.1 Å². The highest BCUT2D eigenvalue weighted by atomic mass is 16.3. The van der Waals surface area contributed by atoms with E-state index < -0.39 is 6.10 Å². The van der Waals surface area contributed by atoms with Crippen molar-refractivity contribution < 1.29 is 19.8 Å². The molecule has 17 heavy (non-hydrogen) atoms. The van der Waals surface area contributed by atoms with Crippen LogP contribution < -0.4 is 0 Å². The molecular formula is C13H18O4. The number of allylic oxidation sites excluding steroid dienone is 3. The maximum Gasteiger partial charge on any atom is 0.161 e. The first-order valence-electron chi connectivity index (χ1n) is 5.83. The molecule has 0 aromatic carbocycles. The normalized spacial score (nSPS) is 20.0. The van der Waals surface area contributed by atoms with Crippen LogP contribution in [0.4, 0.5) is 0 Å². The molecule has 0 radical (unpaired) electrons. The molecule has 0 amide bonds. The van der Waals surface area contributed by atoms with Crippen molar-refractivity contribution in [3.63, 3.8) is 0 Å². The number of carbonyl (C=O) groups excluding carboxylic acids is 2. The van der Waals surface area contributed by atoms with Crippen molar-refractivity contribution in [2.24, 2.45) is 0 Å². The summed E-state index contributed by atoms with van der Waals surface area (Å²) in [7, 11) is 0. The number of carbonyl (C=O) groups is 2. The van der Waals surface area contributed by atoms with Gasteiger partial charge >= 0.3 is 0 Å². The van der Waals surface area contributed by atoms with Gasteiger partial charge in [0.2, 0.25) is 0 Å². The predicted octanol–water partition coefficient (Wildman–Crippen LogP) is 0.924. The van der Waals surface area contributed by atoms with Gasteiger partial charge in [-0.15, -0.1) is 0 Å². The minimum Gasteiger partial charge on any atom is -0.389 e. The zero-order valence-corrected chi connectivity index (χ0v) is 9.76. The lowest BCUT2D eigenvalue weighted by Crippen LogP contribution is -2.02. The number of aliphatic hydroxyl groups is 2. The molecule has 0 aromatic heterocycles. The van der Waals surface area contributed by atoms with Crippen molar-refractivity contribution in [2.75, 3.05) is 6.61 Å². The Morgan fingerprint density at radius 3 is 2.82 bits per heavy atom. The summed E-state index contributed by atoms with van der Waals surface area (Å²) in [5.74, 6) is -0.132. The molecule has 0 spiro atoms. The van der Waals surface area contributed by atoms with E-state index in [1.807, 2.05) is 12.2 Å². The van der Waals surface area contributed by atoms with Crippen LogP contribution in [0, 0.1) is 0 Å². The molecule has 0 saturated heterocycles. The van der Waals surface area contributed by atoms with Crippen LogP contribution in [0.15, 0.2) is 23.8 Å². The molecular weight excluding hydrogens is 220 g/mol. The van der Waals surface area contributed by atoms with Gasteiger partial charge in [0, 0.05) is 12.8 Å². The second-order valence-corrected chi connectivity index (χ2v) is 4.15. The molecule has 1 rings (SSSR count). The van der Waals surface area contributed by atoms with Gasteiger partial charge in [0.25, 0.3) is 0 Å². The highest BCUT2D eigenvalue weighted by Gasteiger charge is 2.20. The van der Waals surface area contributed by atoms with Gasteiger partial charge in [-0.2, -0.15) is 0 Å². The Bertz CT molecular complexity index is 341. The number of rotatable bonds is 7. The summed E-state index contributed by atoms with van der Waals surface area (Å²) in [5, 5.41) is 17.7. The molecule has 4 nitrogen and oxygen atoms in total. The van der Waals surface area contributed by atoms with Crippen molar-refractivity contribution in [3.8, 4) is 0 Å². The average molecular weight is 238 g/mol. The first-order chi connectivity index (χ1) is 8.13. The fourth-order valence-corrected chi connectivity index (χ4v) is 1.71. The Hall–Kier alpha value is -1.26. The monoisotopic (exact) mass is 238 g/mol. The maximum absolute atomic E-state index is 11.3. The van der Waals surface area contributed by atoms with E-state index in [9.17, 15) is 14.7 Å². The summed E-state index contributed by atoms with van der Waals surface area (Å²) in [5.41, 5.74) is 0.667. The standard InChI is InChI=1S/C13H18O4/c14-9-11(15)6-4-2-1-3-5-10-7-12(16)8-13(10)17/h1,3,7,12,14,16H,2,4-6,8-9H2/b3-1-/t12-/m1/s1. The van der Waals surface area contributed by atoms with Crippen LogP contribution in [0.3, 0.4) is 0 Å². The number of unbranched alkanes of at least 4 members (excludes halogenated alkanes) is 1. The minimum absolute atomic E-state index is 0.0117. The third-order valence-corrected chi connectivity index (χ3v) is 2.65. The summed E-state index contributed by atoms with van der Waals surface area (Å²) in [4.78, 5) is 22.1. The highest BCUT2D eigenvalue weighted by molar-refractivity contribution is 5.98. The predicted molar refractivity (Wildman–Crippen MR) is 63.4 cm³/mol.